The van der Waals surface area contributed by atoms with E-state index in [1.165, 1.54) is 7.11 Å². The molecule has 6 heteroatoms. The van der Waals surface area contributed by atoms with Crippen molar-refractivity contribution in [2.45, 2.75) is 13.0 Å². The summed E-state index contributed by atoms with van der Waals surface area (Å²) in [6.07, 6.45) is 0. The second kappa shape index (κ2) is 5.16. The van der Waals surface area contributed by atoms with E-state index in [0.29, 0.717) is 22.7 Å². The maximum absolute atomic E-state index is 11.7. The molecular formula is C12H15N3O3. The monoisotopic (exact) mass is 249 g/mol. The van der Waals surface area contributed by atoms with Crippen LogP contribution < -0.4 is 11.1 Å². The zero-order chi connectivity index (χ0) is 13.1. The van der Waals surface area contributed by atoms with Gasteiger partial charge in [-0.15, -0.1) is 0 Å². The van der Waals surface area contributed by atoms with Crippen molar-refractivity contribution < 1.29 is 13.9 Å². The Kier molecular flexibility index (Phi) is 3.59. The summed E-state index contributed by atoms with van der Waals surface area (Å²) in [6, 6.07) is 4.55. The van der Waals surface area contributed by atoms with Gasteiger partial charge in [0, 0.05) is 19.7 Å². The minimum atomic E-state index is -0.690. The number of methoxy groups -OCH3 is 1. The number of carbonyl (C=O) groups excluding carboxylic acids is 1. The molecule has 0 radical (unpaired) electrons. The number of rotatable bonds is 4. The second-order valence-electron chi connectivity index (χ2n) is 3.97. The molecule has 0 saturated carbocycles. The van der Waals surface area contributed by atoms with Gasteiger partial charge in [-0.25, -0.2) is 4.98 Å². The molecule has 18 heavy (non-hydrogen) atoms. The fourth-order valence-electron chi connectivity index (χ4n) is 1.61. The van der Waals surface area contributed by atoms with Crippen molar-refractivity contribution in [3.05, 3.63) is 24.1 Å². The highest BCUT2D eigenvalue weighted by atomic mass is 16.5. The summed E-state index contributed by atoms with van der Waals surface area (Å²) in [5.41, 5.74) is 7.64. The smallest absolute Gasteiger partial charge is 0.243 e. The fourth-order valence-corrected chi connectivity index (χ4v) is 1.61. The van der Waals surface area contributed by atoms with Crippen molar-refractivity contribution in [3.8, 4) is 0 Å². The Labute approximate surface area is 104 Å². The third-order valence-electron chi connectivity index (χ3n) is 2.45. The van der Waals surface area contributed by atoms with Gasteiger partial charge < -0.3 is 20.2 Å². The van der Waals surface area contributed by atoms with Crippen LogP contribution in [0.15, 0.2) is 22.6 Å². The zero-order valence-corrected chi connectivity index (χ0v) is 10.3. The number of amides is 1. The van der Waals surface area contributed by atoms with Gasteiger partial charge in [0.1, 0.15) is 11.6 Å². The number of fused-ring (bicyclic) bond motifs is 1. The Morgan fingerprint density at radius 3 is 3.11 bits per heavy atom. The van der Waals surface area contributed by atoms with Crippen molar-refractivity contribution in [3.63, 3.8) is 0 Å². The summed E-state index contributed by atoms with van der Waals surface area (Å²) in [6.45, 7) is 1.95. The molecule has 96 valence electrons. The van der Waals surface area contributed by atoms with Gasteiger partial charge in [-0.3, -0.25) is 4.79 Å². The molecule has 0 aliphatic heterocycles. The standard InChI is InChI=1S/C12H15N3O3/c1-7-14-10-5-8(3-4-11(10)18-7)15-12(16)9(13)6-17-2/h3-5,9H,6,13H2,1-2H3,(H,15,16). The minimum absolute atomic E-state index is 0.178. The second-order valence-corrected chi connectivity index (χ2v) is 3.97. The van der Waals surface area contributed by atoms with E-state index in [4.69, 9.17) is 14.9 Å². The van der Waals surface area contributed by atoms with Crippen molar-refractivity contribution in [1.29, 1.82) is 0 Å². The molecule has 1 aromatic carbocycles. The Hall–Kier alpha value is -1.92. The first-order chi connectivity index (χ1) is 8.60. The van der Waals surface area contributed by atoms with Gasteiger partial charge in [0.2, 0.25) is 5.91 Å². The van der Waals surface area contributed by atoms with Crippen molar-refractivity contribution in [2.75, 3.05) is 19.0 Å². The van der Waals surface area contributed by atoms with E-state index >= 15 is 0 Å². The summed E-state index contributed by atoms with van der Waals surface area (Å²) in [7, 11) is 1.50. The van der Waals surface area contributed by atoms with Crippen LogP contribution in [0.1, 0.15) is 5.89 Å². The summed E-state index contributed by atoms with van der Waals surface area (Å²) in [5, 5.41) is 2.70. The molecule has 1 atom stereocenters. The van der Waals surface area contributed by atoms with Crippen LogP contribution in [0.25, 0.3) is 11.1 Å². The molecule has 2 rings (SSSR count). The van der Waals surface area contributed by atoms with Gasteiger partial charge >= 0.3 is 0 Å². The number of hydrogen-bond acceptors (Lipinski definition) is 5. The lowest BCUT2D eigenvalue weighted by atomic mass is 10.2. The predicted octanol–water partition coefficient (Wildman–Crippen LogP) is 1.05. The molecule has 0 saturated heterocycles. The van der Waals surface area contributed by atoms with Gasteiger partial charge in [-0.1, -0.05) is 0 Å². The van der Waals surface area contributed by atoms with E-state index in [1.807, 2.05) is 0 Å². The van der Waals surface area contributed by atoms with Crippen molar-refractivity contribution in [1.82, 2.24) is 4.98 Å². The molecule has 0 aliphatic rings. The van der Waals surface area contributed by atoms with Gasteiger partial charge in [0.05, 0.1) is 6.61 Å². The molecule has 6 nitrogen and oxygen atoms in total. The average Bonchev–Trinajstić information content (AvgIpc) is 2.68. The minimum Gasteiger partial charge on any atom is -0.441 e. The average molecular weight is 249 g/mol. The van der Waals surface area contributed by atoms with Crippen molar-refractivity contribution >= 4 is 22.7 Å². The van der Waals surface area contributed by atoms with E-state index < -0.39 is 6.04 Å². The molecule has 1 unspecified atom stereocenters. The molecule has 0 aliphatic carbocycles. The third-order valence-corrected chi connectivity index (χ3v) is 2.45. The number of nitrogens with zero attached hydrogens (tertiary/aromatic N) is 1. The maximum Gasteiger partial charge on any atom is 0.243 e. The summed E-state index contributed by atoms with van der Waals surface area (Å²) in [5.74, 6) is 0.293. The number of benzene rings is 1. The van der Waals surface area contributed by atoms with Crippen LogP contribution in [0.3, 0.4) is 0 Å². The Morgan fingerprint density at radius 2 is 2.39 bits per heavy atom. The van der Waals surface area contributed by atoms with E-state index in [2.05, 4.69) is 10.3 Å². The number of aromatic nitrogens is 1. The topological polar surface area (TPSA) is 90.4 Å². The van der Waals surface area contributed by atoms with E-state index in [9.17, 15) is 4.79 Å². The fraction of sp³-hybridized carbons (Fsp3) is 0.333. The molecule has 3 N–H and O–H groups in total. The number of aryl methyl sites for hydroxylation is 1. The first-order valence-electron chi connectivity index (χ1n) is 5.52. The molecule has 0 fully saturated rings. The lowest BCUT2D eigenvalue weighted by Gasteiger charge is -2.10. The Morgan fingerprint density at radius 1 is 1.61 bits per heavy atom. The molecule has 1 amide bonds. The quantitative estimate of drug-likeness (QED) is 0.845. The molecule has 0 bridgehead atoms. The van der Waals surface area contributed by atoms with Crippen LogP contribution in [-0.2, 0) is 9.53 Å². The maximum atomic E-state index is 11.7. The van der Waals surface area contributed by atoms with E-state index in [1.54, 1.807) is 25.1 Å². The Balaban J connectivity index is 2.14. The first kappa shape index (κ1) is 12.5. The highest BCUT2D eigenvalue weighted by Gasteiger charge is 2.13. The lowest BCUT2D eigenvalue weighted by Crippen LogP contribution is -2.39. The lowest BCUT2D eigenvalue weighted by molar-refractivity contribution is -0.118. The first-order valence-corrected chi connectivity index (χ1v) is 5.52. The molecule has 0 spiro atoms. The summed E-state index contributed by atoms with van der Waals surface area (Å²) in [4.78, 5) is 15.9. The molecule has 1 heterocycles. The van der Waals surface area contributed by atoms with E-state index in [0.717, 1.165) is 0 Å². The zero-order valence-electron chi connectivity index (χ0n) is 10.3. The van der Waals surface area contributed by atoms with Crippen LogP contribution in [0.5, 0.6) is 0 Å². The molecule has 2 aromatic rings. The Bertz CT molecular complexity index is 565. The molecule has 1 aromatic heterocycles. The number of hydrogen-bond donors (Lipinski definition) is 2. The number of nitrogens with two attached hydrogens (primary N) is 1. The van der Waals surface area contributed by atoms with E-state index in [-0.39, 0.29) is 12.5 Å². The van der Waals surface area contributed by atoms with Gasteiger partial charge in [0.25, 0.3) is 0 Å². The number of ether oxygens (including phenoxy) is 1. The highest BCUT2D eigenvalue weighted by molar-refractivity contribution is 5.96. The van der Waals surface area contributed by atoms with Crippen LogP contribution in [0.4, 0.5) is 5.69 Å². The number of carbonyl (C=O) groups is 1. The van der Waals surface area contributed by atoms with Gasteiger partial charge in [-0.05, 0) is 18.2 Å². The van der Waals surface area contributed by atoms with Crippen LogP contribution in [-0.4, -0.2) is 30.6 Å². The highest BCUT2D eigenvalue weighted by Crippen LogP contribution is 2.19. The van der Waals surface area contributed by atoms with Gasteiger partial charge in [-0.2, -0.15) is 0 Å². The van der Waals surface area contributed by atoms with Crippen LogP contribution in [0, 0.1) is 6.92 Å². The van der Waals surface area contributed by atoms with Crippen LogP contribution in [0.2, 0.25) is 0 Å². The number of anilines is 1. The van der Waals surface area contributed by atoms with Gasteiger partial charge in [0.15, 0.2) is 11.5 Å². The van der Waals surface area contributed by atoms with Crippen molar-refractivity contribution in [2.24, 2.45) is 5.73 Å². The molecular weight excluding hydrogens is 234 g/mol. The summed E-state index contributed by atoms with van der Waals surface area (Å²) < 4.78 is 10.2. The third kappa shape index (κ3) is 2.66. The van der Waals surface area contributed by atoms with Crippen LogP contribution >= 0.6 is 0 Å². The number of oxazole rings is 1. The summed E-state index contributed by atoms with van der Waals surface area (Å²) >= 11 is 0. The SMILES string of the molecule is COCC(N)C(=O)Nc1ccc2oc(C)nc2c1. The normalized spacial score (nSPS) is 12.6. The number of nitrogens with one attached hydrogen (secondary N) is 1. The largest absolute Gasteiger partial charge is 0.441 e. The predicted molar refractivity (Wildman–Crippen MR) is 67.2 cm³/mol.